The first-order valence-corrected chi connectivity index (χ1v) is 6.99. The highest BCUT2D eigenvalue weighted by atomic mass is 16.5. The van der Waals surface area contributed by atoms with E-state index in [-0.39, 0.29) is 11.6 Å². The largest absolute Gasteiger partial charge is 0.462 e. The average Bonchev–Trinajstić information content (AvgIpc) is 2.85. The van der Waals surface area contributed by atoms with Crippen LogP contribution in [0.5, 0.6) is 0 Å². The third-order valence-corrected chi connectivity index (χ3v) is 3.53. The van der Waals surface area contributed by atoms with Crippen molar-refractivity contribution in [2.24, 2.45) is 0 Å². The maximum absolute atomic E-state index is 11.9. The highest BCUT2D eigenvalue weighted by molar-refractivity contribution is 5.98. The van der Waals surface area contributed by atoms with Gasteiger partial charge in [0.2, 0.25) is 0 Å². The lowest BCUT2D eigenvalue weighted by atomic mass is 10.0. The second-order valence-corrected chi connectivity index (χ2v) is 5.25. The molecule has 1 aromatic carbocycles. The third-order valence-electron chi connectivity index (χ3n) is 3.53. The summed E-state index contributed by atoms with van der Waals surface area (Å²) in [7, 11) is 0. The van der Waals surface area contributed by atoms with Gasteiger partial charge in [0.05, 0.1) is 29.1 Å². The lowest BCUT2D eigenvalue weighted by Crippen LogP contribution is -2.33. The normalized spacial score (nSPS) is 21.7. The van der Waals surface area contributed by atoms with Crippen molar-refractivity contribution in [3.63, 3.8) is 0 Å². The van der Waals surface area contributed by atoms with Gasteiger partial charge in [-0.1, -0.05) is 6.07 Å². The second-order valence-electron chi connectivity index (χ2n) is 5.25. The van der Waals surface area contributed by atoms with Gasteiger partial charge >= 0.3 is 5.97 Å². The third kappa shape index (κ3) is 3.22. The van der Waals surface area contributed by atoms with Gasteiger partial charge < -0.3 is 20.5 Å². The van der Waals surface area contributed by atoms with Crippen LogP contribution in [0.1, 0.15) is 37.0 Å². The summed E-state index contributed by atoms with van der Waals surface area (Å²) in [6.45, 7) is 5.59. The van der Waals surface area contributed by atoms with Gasteiger partial charge in [-0.05, 0) is 38.8 Å². The summed E-state index contributed by atoms with van der Waals surface area (Å²) in [6, 6.07) is 5.23. The van der Waals surface area contributed by atoms with E-state index in [4.69, 9.17) is 15.2 Å². The standard InChI is InChI=1S/C15H22N2O3/c1-3-19-14(18)11-6-4-7-12(16)13(11)17-10-15(2)8-5-9-20-15/h4,6-7,17H,3,5,8-10,16H2,1-2H3. The van der Waals surface area contributed by atoms with Crippen LogP contribution in [0.15, 0.2) is 18.2 Å². The molecule has 0 spiro atoms. The lowest BCUT2D eigenvalue weighted by Gasteiger charge is -2.25. The van der Waals surface area contributed by atoms with Crippen LogP contribution in [-0.2, 0) is 9.47 Å². The van der Waals surface area contributed by atoms with Gasteiger partial charge in [0.1, 0.15) is 0 Å². The van der Waals surface area contributed by atoms with Crippen LogP contribution in [0.4, 0.5) is 11.4 Å². The van der Waals surface area contributed by atoms with Crippen molar-refractivity contribution in [1.29, 1.82) is 0 Å². The average molecular weight is 278 g/mol. The second kappa shape index (κ2) is 6.13. The predicted molar refractivity (Wildman–Crippen MR) is 78.9 cm³/mol. The summed E-state index contributed by atoms with van der Waals surface area (Å²) >= 11 is 0. The van der Waals surface area contributed by atoms with Gasteiger partial charge in [-0.15, -0.1) is 0 Å². The number of hydrogen-bond donors (Lipinski definition) is 2. The topological polar surface area (TPSA) is 73.6 Å². The van der Waals surface area contributed by atoms with Crippen molar-refractivity contribution >= 4 is 17.3 Å². The number of hydrogen-bond acceptors (Lipinski definition) is 5. The predicted octanol–water partition coefficient (Wildman–Crippen LogP) is 2.43. The number of rotatable bonds is 5. The summed E-state index contributed by atoms with van der Waals surface area (Å²) < 4.78 is 10.8. The van der Waals surface area contributed by atoms with Crippen LogP contribution in [0, 0.1) is 0 Å². The van der Waals surface area contributed by atoms with Gasteiger partial charge in [0, 0.05) is 13.2 Å². The molecule has 1 heterocycles. The molecule has 110 valence electrons. The Kier molecular flexibility index (Phi) is 4.49. The molecule has 1 unspecified atom stereocenters. The Bertz CT molecular complexity index is 482. The van der Waals surface area contributed by atoms with Crippen molar-refractivity contribution < 1.29 is 14.3 Å². The lowest BCUT2D eigenvalue weighted by molar-refractivity contribution is 0.0314. The van der Waals surface area contributed by atoms with Crippen molar-refractivity contribution in [1.82, 2.24) is 0 Å². The Labute approximate surface area is 119 Å². The van der Waals surface area contributed by atoms with Gasteiger partial charge in [0.25, 0.3) is 0 Å². The molecular weight excluding hydrogens is 256 g/mol. The van der Waals surface area contributed by atoms with E-state index in [9.17, 15) is 4.79 Å². The Morgan fingerprint density at radius 1 is 1.55 bits per heavy atom. The molecule has 0 aromatic heterocycles. The smallest absolute Gasteiger partial charge is 0.340 e. The van der Waals surface area contributed by atoms with E-state index in [1.54, 1.807) is 25.1 Å². The SMILES string of the molecule is CCOC(=O)c1cccc(N)c1NCC1(C)CCCO1. The number of nitrogens with one attached hydrogen (secondary N) is 1. The van der Waals surface area contributed by atoms with Crippen LogP contribution in [0.25, 0.3) is 0 Å². The molecule has 1 atom stereocenters. The monoisotopic (exact) mass is 278 g/mol. The van der Waals surface area contributed by atoms with Crippen LogP contribution in [0.2, 0.25) is 0 Å². The zero-order valence-corrected chi connectivity index (χ0v) is 12.1. The molecule has 0 aliphatic carbocycles. The van der Waals surface area contributed by atoms with Crippen molar-refractivity contribution in [2.75, 3.05) is 30.8 Å². The van der Waals surface area contributed by atoms with Crippen LogP contribution in [-0.4, -0.2) is 31.3 Å². The van der Waals surface area contributed by atoms with E-state index in [0.29, 0.717) is 30.1 Å². The molecule has 1 aromatic rings. The molecule has 1 aliphatic rings. The molecule has 0 bridgehead atoms. The summed E-state index contributed by atoms with van der Waals surface area (Å²) in [4.78, 5) is 11.9. The fourth-order valence-electron chi connectivity index (χ4n) is 2.40. The van der Waals surface area contributed by atoms with Crippen molar-refractivity contribution in [3.05, 3.63) is 23.8 Å². The van der Waals surface area contributed by atoms with Crippen LogP contribution < -0.4 is 11.1 Å². The number of ether oxygens (including phenoxy) is 2. The van der Waals surface area contributed by atoms with Gasteiger partial charge in [-0.3, -0.25) is 0 Å². The minimum absolute atomic E-state index is 0.200. The Balaban J connectivity index is 2.15. The molecule has 3 N–H and O–H groups in total. The summed E-state index contributed by atoms with van der Waals surface area (Å²) in [5.41, 5.74) is 7.40. The molecule has 5 nitrogen and oxygen atoms in total. The maximum atomic E-state index is 11.9. The summed E-state index contributed by atoms with van der Waals surface area (Å²) in [5, 5.41) is 3.25. The van der Waals surface area contributed by atoms with Gasteiger partial charge in [0.15, 0.2) is 0 Å². The Morgan fingerprint density at radius 3 is 3.00 bits per heavy atom. The first-order chi connectivity index (χ1) is 9.56. The zero-order chi connectivity index (χ0) is 14.6. The molecule has 0 saturated carbocycles. The number of benzene rings is 1. The molecule has 2 rings (SSSR count). The number of carbonyl (C=O) groups is 1. The highest BCUT2D eigenvalue weighted by Crippen LogP contribution is 2.29. The molecule has 20 heavy (non-hydrogen) atoms. The summed E-state index contributed by atoms with van der Waals surface area (Å²) in [6.07, 6.45) is 2.06. The summed E-state index contributed by atoms with van der Waals surface area (Å²) in [5.74, 6) is -0.361. The quantitative estimate of drug-likeness (QED) is 0.639. The van der Waals surface area contributed by atoms with E-state index in [1.165, 1.54) is 0 Å². The molecule has 1 aliphatic heterocycles. The fraction of sp³-hybridized carbons (Fsp3) is 0.533. The van der Waals surface area contributed by atoms with E-state index >= 15 is 0 Å². The van der Waals surface area contributed by atoms with Crippen molar-refractivity contribution in [3.8, 4) is 0 Å². The van der Waals surface area contributed by atoms with E-state index in [1.807, 2.05) is 0 Å². The molecule has 0 radical (unpaired) electrons. The number of nitrogens with two attached hydrogens (primary N) is 1. The van der Waals surface area contributed by atoms with Crippen LogP contribution >= 0.6 is 0 Å². The maximum Gasteiger partial charge on any atom is 0.340 e. The number of esters is 1. The van der Waals surface area contributed by atoms with Gasteiger partial charge in [-0.25, -0.2) is 4.79 Å². The number of para-hydroxylation sites is 1. The minimum Gasteiger partial charge on any atom is -0.462 e. The number of nitrogen functional groups attached to an aromatic ring is 1. The zero-order valence-electron chi connectivity index (χ0n) is 12.1. The molecular formula is C15H22N2O3. The Hall–Kier alpha value is -1.75. The molecule has 1 saturated heterocycles. The first-order valence-electron chi connectivity index (χ1n) is 6.99. The molecule has 1 fully saturated rings. The molecule has 5 heteroatoms. The Morgan fingerprint density at radius 2 is 2.35 bits per heavy atom. The number of anilines is 2. The fourth-order valence-corrected chi connectivity index (χ4v) is 2.40. The van der Waals surface area contributed by atoms with Gasteiger partial charge in [-0.2, -0.15) is 0 Å². The van der Waals surface area contributed by atoms with Crippen LogP contribution in [0.3, 0.4) is 0 Å². The minimum atomic E-state index is -0.361. The van der Waals surface area contributed by atoms with Crippen molar-refractivity contribution in [2.45, 2.75) is 32.3 Å². The van der Waals surface area contributed by atoms with E-state index in [0.717, 1.165) is 19.4 Å². The highest BCUT2D eigenvalue weighted by Gasteiger charge is 2.30. The van der Waals surface area contributed by atoms with E-state index < -0.39 is 0 Å². The molecule has 0 amide bonds. The first kappa shape index (κ1) is 14.7. The van der Waals surface area contributed by atoms with E-state index in [2.05, 4.69) is 12.2 Å². The number of carbonyl (C=O) groups excluding carboxylic acids is 1.